The average Bonchev–Trinajstić information content (AvgIpc) is 2.35. The van der Waals surface area contributed by atoms with E-state index in [-0.39, 0.29) is 25.2 Å². The van der Waals surface area contributed by atoms with Crippen molar-refractivity contribution in [2.45, 2.75) is 44.0 Å². The molecule has 2 rings (SSSR count). The van der Waals surface area contributed by atoms with E-state index in [1.807, 2.05) is 13.8 Å². The van der Waals surface area contributed by atoms with E-state index in [0.717, 1.165) is 12.8 Å². The molecule has 1 saturated heterocycles. The first-order valence-corrected chi connectivity index (χ1v) is 7.60. The fraction of sp³-hybridized carbons (Fsp3) is 1.00. The molecule has 6 heteroatoms. The second kappa shape index (κ2) is 4.19. The topological polar surface area (TPSA) is 75.6 Å². The predicted molar refractivity (Wildman–Crippen MR) is 64.1 cm³/mol. The van der Waals surface area contributed by atoms with E-state index >= 15 is 0 Å². The summed E-state index contributed by atoms with van der Waals surface area (Å²) in [4.78, 5) is 0. The smallest absolute Gasteiger partial charge is 0.219 e. The number of sulfonamides is 1. The SMILES string of the molecule is CC1(C)CCCC1(O)CNS(=O)(=O)C1COC1. The molecule has 0 amide bonds. The maximum atomic E-state index is 11.8. The molecule has 0 spiro atoms. The zero-order valence-electron chi connectivity index (χ0n) is 10.4. The molecule has 0 aromatic carbocycles. The lowest BCUT2D eigenvalue weighted by molar-refractivity contribution is -0.0372. The monoisotopic (exact) mass is 263 g/mol. The summed E-state index contributed by atoms with van der Waals surface area (Å²) in [5.41, 5.74) is -1.16. The van der Waals surface area contributed by atoms with Crippen molar-refractivity contribution >= 4 is 10.0 Å². The Bertz CT molecular complexity index is 388. The Labute approximate surface area is 103 Å². The number of hydrogen-bond acceptors (Lipinski definition) is 4. The summed E-state index contributed by atoms with van der Waals surface area (Å²) in [6, 6.07) is 0. The number of ether oxygens (including phenoxy) is 1. The van der Waals surface area contributed by atoms with Gasteiger partial charge in [-0.2, -0.15) is 0 Å². The van der Waals surface area contributed by atoms with E-state index in [2.05, 4.69) is 4.72 Å². The van der Waals surface area contributed by atoms with Crippen LogP contribution >= 0.6 is 0 Å². The number of rotatable bonds is 4. The summed E-state index contributed by atoms with van der Waals surface area (Å²) in [7, 11) is -3.33. The van der Waals surface area contributed by atoms with Crippen molar-refractivity contribution in [1.82, 2.24) is 4.72 Å². The highest BCUT2D eigenvalue weighted by Crippen LogP contribution is 2.45. The average molecular weight is 263 g/mol. The molecular weight excluding hydrogens is 242 g/mol. The van der Waals surface area contributed by atoms with Crippen LogP contribution in [0.1, 0.15) is 33.1 Å². The molecule has 2 N–H and O–H groups in total. The van der Waals surface area contributed by atoms with Gasteiger partial charge in [-0.3, -0.25) is 0 Å². The lowest BCUT2D eigenvalue weighted by atomic mass is 9.78. The standard InChI is InChI=1S/C11H21NO4S/c1-10(2)4-3-5-11(10,13)8-12-17(14,15)9-6-16-7-9/h9,12-13H,3-8H2,1-2H3. The Hall–Kier alpha value is -0.170. The van der Waals surface area contributed by atoms with E-state index in [9.17, 15) is 13.5 Å². The van der Waals surface area contributed by atoms with Crippen LogP contribution in [0.25, 0.3) is 0 Å². The Balaban J connectivity index is 1.98. The molecule has 0 aromatic rings. The Morgan fingerprint density at radius 2 is 2.00 bits per heavy atom. The molecule has 5 nitrogen and oxygen atoms in total. The van der Waals surface area contributed by atoms with Crippen molar-refractivity contribution in [2.24, 2.45) is 5.41 Å². The van der Waals surface area contributed by atoms with Crippen LogP contribution in [-0.2, 0) is 14.8 Å². The highest BCUT2D eigenvalue weighted by Gasteiger charge is 2.48. The Morgan fingerprint density at radius 3 is 2.41 bits per heavy atom. The van der Waals surface area contributed by atoms with Crippen LogP contribution < -0.4 is 4.72 Å². The molecule has 0 radical (unpaired) electrons. The van der Waals surface area contributed by atoms with Gasteiger partial charge in [0, 0.05) is 6.54 Å². The minimum absolute atomic E-state index is 0.110. The molecular formula is C11H21NO4S. The molecule has 1 unspecified atom stereocenters. The number of hydrogen-bond donors (Lipinski definition) is 2. The molecule has 2 aliphatic rings. The van der Waals surface area contributed by atoms with Gasteiger partial charge in [-0.05, 0) is 24.7 Å². The zero-order chi connectivity index (χ0) is 12.7. The van der Waals surface area contributed by atoms with Gasteiger partial charge in [-0.15, -0.1) is 0 Å². The third-order valence-electron chi connectivity index (χ3n) is 4.26. The molecule has 1 heterocycles. The fourth-order valence-corrected chi connectivity index (χ4v) is 3.68. The van der Waals surface area contributed by atoms with E-state index < -0.39 is 20.9 Å². The van der Waals surface area contributed by atoms with Crippen LogP contribution in [0.2, 0.25) is 0 Å². The molecule has 1 atom stereocenters. The lowest BCUT2D eigenvalue weighted by Gasteiger charge is -2.37. The van der Waals surface area contributed by atoms with Crippen molar-refractivity contribution in [3.8, 4) is 0 Å². The summed E-state index contributed by atoms with van der Waals surface area (Å²) >= 11 is 0. The van der Waals surface area contributed by atoms with Crippen molar-refractivity contribution in [2.75, 3.05) is 19.8 Å². The maximum absolute atomic E-state index is 11.8. The first-order chi connectivity index (χ1) is 7.77. The van der Waals surface area contributed by atoms with Crippen LogP contribution in [-0.4, -0.2) is 44.1 Å². The zero-order valence-corrected chi connectivity index (χ0v) is 11.2. The molecule has 1 aliphatic heterocycles. The Morgan fingerprint density at radius 1 is 1.35 bits per heavy atom. The molecule has 100 valence electrons. The van der Waals surface area contributed by atoms with Crippen LogP contribution in [0.15, 0.2) is 0 Å². The summed E-state index contributed by atoms with van der Waals surface area (Å²) in [6.07, 6.45) is 2.53. The maximum Gasteiger partial charge on any atom is 0.219 e. The summed E-state index contributed by atoms with van der Waals surface area (Å²) in [6.45, 7) is 4.61. The van der Waals surface area contributed by atoms with Gasteiger partial charge < -0.3 is 9.84 Å². The molecule has 1 aliphatic carbocycles. The number of aliphatic hydroxyl groups is 1. The van der Waals surface area contributed by atoms with Gasteiger partial charge >= 0.3 is 0 Å². The third-order valence-corrected chi connectivity index (χ3v) is 5.96. The van der Waals surface area contributed by atoms with Crippen LogP contribution in [0, 0.1) is 5.41 Å². The van der Waals surface area contributed by atoms with Gasteiger partial charge in [0.25, 0.3) is 0 Å². The van der Waals surface area contributed by atoms with Gasteiger partial charge in [0.1, 0.15) is 5.25 Å². The summed E-state index contributed by atoms with van der Waals surface area (Å²) < 4.78 is 31.1. The van der Waals surface area contributed by atoms with E-state index in [1.165, 1.54) is 0 Å². The summed E-state index contributed by atoms with van der Waals surface area (Å²) in [5, 5.41) is 10.0. The normalized spacial score (nSPS) is 33.6. The quantitative estimate of drug-likeness (QED) is 0.762. The van der Waals surface area contributed by atoms with Gasteiger partial charge in [-0.1, -0.05) is 13.8 Å². The first kappa shape index (κ1) is 13.3. The van der Waals surface area contributed by atoms with E-state index in [0.29, 0.717) is 6.42 Å². The number of nitrogens with one attached hydrogen (secondary N) is 1. The molecule has 0 bridgehead atoms. The Kier molecular flexibility index (Phi) is 3.27. The first-order valence-electron chi connectivity index (χ1n) is 6.05. The lowest BCUT2D eigenvalue weighted by Crippen LogP contribution is -2.54. The molecule has 2 fully saturated rings. The van der Waals surface area contributed by atoms with Crippen molar-refractivity contribution < 1.29 is 18.3 Å². The van der Waals surface area contributed by atoms with Gasteiger partial charge in [-0.25, -0.2) is 13.1 Å². The van der Waals surface area contributed by atoms with Gasteiger partial charge in [0.2, 0.25) is 10.0 Å². The van der Waals surface area contributed by atoms with Crippen molar-refractivity contribution in [3.63, 3.8) is 0 Å². The van der Waals surface area contributed by atoms with E-state index in [4.69, 9.17) is 4.74 Å². The van der Waals surface area contributed by atoms with Crippen LogP contribution in [0.5, 0.6) is 0 Å². The van der Waals surface area contributed by atoms with Crippen molar-refractivity contribution in [3.05, 3.63) is 0 Å². The second-order valence-corrected chi connectivity index (χ2v) is 7.84. The van der Waals surface area contributed by atoms with Crippen molar-refractivity contribution in [1.29, 1.82) is 0 Å². The van der Waals surface area contributed by atoms with E-state index in [1.54, 1.807) is 0 Å². The second-order valence-electron chi connectivity index (χ2n) is 5.79. The fourth-order valence-electron chi connectivity index (χ4n) is 2.45. The highest BCUT2D eigenvalue weighted by molar-refractivity contribution is 7.90. The highest BCUT2D eigenvalue weighted by atomic mass is 32.2. The van der Waals surface area contributed by atoms with Crippen LogP contribution in [0.4, 0.5) is 0 Å². The molecule has 1 saturated carbocycles. The third kappa shape index (κ3) is 2.36. The minimum atomic E-state index is -3.33. The summed E-state index contributed by atoms with van der Waals surface area (Å²) in [5.74, 6) is 0. The van der Waals surface area contributed by atoms with Gasteiger partial charge in [0.15, 0.2) is 0 Å². The predicted octanol–water partition coefficient (Wildman–Crippen LogP) is 0.246. The van der Waals surface area contributed by atoms with Gasteiger partial charge in [0.05, 0.1) is 18.8 Å². The largest absolute Gasteiger partial charge is 0.388 e. The minimum Gasteiger partial charge on any atom is -0.388 e. The molecule has 0 aromatic heterocycles. The molecule has 17 heavy (non-hydrogen) atoms. The van der Waals surface area contributed by atoms with Crippen LogP contribution in [0.3, 0.4) is 0 Å².